The summed E-state index contributed by atoms with van der Waals surface area (Å²) in [6.45, 7) is 1.96. The average molecular weight is 383 g/mol. The van der Waals surface area contributed by atoms with Crippen molar-refractivity contribution in [2.24, 2.45) is 0 Å². The Morgan fingerprint density at radius 2 is 1.72 bits per heavy atom. The van der Waals surface area contributed by atoms with Crippen molar-refractivity contribution in [3.05, 3.63) is 90.3 Å². The molecule has 1 N–H and O–H groups in total. The Balaban J connectivity index is 1.73. The van der Waals surface area contributed by atoms with E-state index in [4.69, 9.17) is 9.72 Å². The molecule has 4 aromatic rings. The molecule has 144 valence electrons. The van der Waals surface area contributed by atoms with Crippen LogP contribution in [-0.4, -0.2) is 23.0 Å². The number of methoxy groups -OCH3 is 1. The van der Waals surface area contributed by atoms with Gasteiger partial charge in [-0.15, -0.1) is 0 Å². The fourth-order valence-electron chi connectivity index (χ4n) is 3.28. The van der Waals surface area contributed by atoms with E-state index in [1.54, 1.807) is 19.5 Å². The van der Waals surface area contributed by atoms with Crippen LogP contribution in [0.5, 0.6) is 5.75 Å². The second-order valence-electron chi connectivity index (χ2n) is 6.78. The molecule has 4 rings (SSSR count). The maximum Gasteiger partial charge on any atom is 0.252 e. The summed E-state index contributed by atoms with van der Waals surface area (Å²) in [7, 11) is 1.63. The van der Waals surface area contributed by atoms with E-state index in [1.165, 1.54) is 0 Å². The van der Waals surface area contributed by atoms with E-state index in [0.29, 0.717) is 5.56 Å². The molecule has 0 aliphatic carbocycles. The minimum Gasteiger partial charge on any atom is -0.497 e. The van der Waals surface area contributed by atoms with E-state index in [-0.39, 0.29) is 11.9 Å². The van der Waals surface area contributed by atoms with Crippen molar-refractivity contribution in [2.75, 3.05) is 7.11 Å². The third-order valence-electron chi connectivity index (χ3n) is 4.90. The van der Waals surface area contributed by atoms with Gasteiger partial charge in [0.2, 0.25) is 0 Å². The zero-order chi connectivity index (χ0) is 20.2. The normalized spacial score (nSPS) is 11.8. The van der Waals surface area contributed by atoms with Crippen LogP contribution in [0.4, 0.5) is 0 Å². The van der Waals surface area contributed by atoms with Crippen molar-refractivity contribution in [3.63, 3.8) is 0 Å². The Morgan fingerprint density at radius 1 is 1.00 bits per heavy atom. The second-order valence-corrected chi connectivity index (χ2v) is 6.78. The zero-order valence-electron chi connectivity index (χ0n) is 16.3. The van der Waals surface area contributed by atoms with E-state index >= 15 is 0 Å². The zero-order valence-corrected chi connectivity index (χ0v) is 16.3. The summed E-state index contributed by atoms with van der Waals surface area (Å²) in [6.07, 6.45) is 3.45. The van der Waals surface area contributed by atoms with E-state index in [9.17, 15) is 4.79 Å². The number of carbonyl (C=O) groups excluding carboxylic acids is 1. The van der Waals surface area contributed by atoms with Crippen LogP contribution in [0, 0.1) is 0 Å². The fraction of sp³-hybridized carbons (Fsp3) is 0.125. The Morgan fingerprint density at radius 3 is 2.45 bits per heavy atom. The highest BCUT2D eigenvalue weighted by molar-refractivity contribution is 6.07. The number of carbonyl (C=O) groups is 1. The Hall–Kier alpha value is -3.73. The molecule has 0 bridgehead atoms. The van der Waals surface area contributed by atoms with E-state index in [1.807, 2.05) is 73.7 Å². The molecule has 0 fully saturated rings. The SMILES string of the molecule is COc1ccc(-c2cc(C(=O)N[C@H](C)c3ccncc3)c3ccccc3n2)cc1. The molecule has 0 saturated heterocycles. The summed E-state index contributed by atoms with van der Waals surface area (Å²) in [4.78, 5) is 21.9. The molecular formula is C24H21N3O2. The molecule has 1 atom stereocenters. The molecule has 0 spiro atoms. The van der Waals surface area contributed by atoms with Crippen molar-refractivity contribution in [1.29, 1.82) is 0 Å². The van der Waals surface area contributed by atoms with Gasteiger partial charge < -0.3 is 10.1 Å². The van der Waals surface area contributed by atoms with Crippen LogP contribution in [-0.2, 0) is 0 Å². The Bertz CT molecular complexity index is 1140. The number of hydrogen-bond acceptors (Lipinski definition) is 4. The summed E-state index contributed by atoms with van der Waals surface area (Å²) in [6, 6.07) is 20.9. The number of para-hydroxylation sites is 1. The first-order chi connectivity index (χ1) is 14.2. The maximum atomic E-state index is 13.2. The summed E-state index contributed by atoms with van der Waals surface area (Å²) in [5.41, 5.74) is 4.05. The Labute approximate surface area is 169 Å². The van der Waals surface area contributed by atoms with Gasteiger partial charge in [0.1, 0.15) is 5.75 Å². The Kier molecular flexibility index (Phi) is 5.20. The highest BCUT2D eigenvalue weighted by Gasteiger charge is 2.16. The number of nitrogens with one attached hydrogen (secondary N) is 1. The van der Waals surface area contributed by atoms with Crippen molar-refractivity contribution in [2.45, 2.75) is 13.0 Å². The monoisotopic (exact) mass is 383 g/mol. The van der Waals surface area contributed by atoms with Crippen LogP contribution in [0.3, 0.4) is 0 Å². The maximum absolute atomic E-state index is 13.2. The van der Waals surface area contributed by atoms with Gasteiger partial charge in [0.25, 0.3) is 5.91 Å². The molecule has 29 heavy (non-hydrogen) atoms. The second kappa shape index (κ2) is 8.10. The number of rotatable bonds is 5. The molecule has 5 nitrogen and oxygen atoms in total. The van der Waals surface area contributed by atoms with Crippen molar-refractivity contribution >= 4 is 16.8 Å². The van der Waals surface area contributed by atoms with Crippen molar-refractivity contribution in [3.8, 4) is 17.0 Å². The highest BCUT2D eigenvalue weighted by Crippen LogP contribution is 2.27. The lowest BCUT2D eigenvalue weighted by molar-refractivity contribution is 0.0941. The lowest BCUT2D eigenvalue weighted by Crippen LogP contribution is -2.27. The number of amides is 1. The van der Waals surface area contributed by atoms with Crippen LogP contribution >= 0.6 is 0 Å². The number of fused-ring (bicyclic) bond motifs is 1. The molecule has 0 radical (unpaired) electrons. The van der Waals surface area contributed by atoms with Crippen molar-refractivity contribution in [1.82, 2.24) is 15.3 Å². The van der Waals surface area contributed by atoms with Gasteiger partial charge in [-0.25, -0.2) is 4.98 Å². The number of benzene rings is 2. The van der Waals surface area contributed by atoms with Gasteiger partial charge >= 0.3 is 0 Å². The minimum absolute atomic E-state index is 0.136. The molecule has 2 aromatic heterocycles. The van der Waals surface area contributed by atoms with E-state index < -0.39 is 0 Å². The van der Waals surface area contributed by atoms with Gasteiger partial charge in [-0.2, -0.15) is 0 Å². The molecule has 1 amide bonds. The fourth-order valence-corrected chi connectivity index (χ4v) is 3.28. The lowest BCUT2D eigenvalue weighted by Gasteiger charge is -2.16. The van der Waals surface area contributed by atoms with Crippen molar-refractivity contribution < 1.29 is 9.53 Å². The lowest BCUT2D eigenvalue weighted by atomic mass is 10.0. The van der Waals surface area contributed by atoms with E-state index in [0.717, 1.165) is 33.5 Å². The minimum atomic E-state index is -0.137. The first-order valence-corrected chi connectivity index (χ1v) is 9.40. The van der Waals surface area contributed by atoms with Gasteiger partial charge in [0, 0.05) is 23.3 Å². The molecule has 2 aromatic carbocycles. The summed E-state index contributed by atoms with van der Waals surface area (Å²) >= 11 is 0. The van der Waals surface area contributed by atoms with Gasteiger partial charge in [-0.05, 0) is 61.0 Å². The topological polar surface area (TPSA) is 64.1 Å². The smallest absolute Gasteiger partial charge is 0.252 e. The predicted molar refractivity (Wildman–Crippen MR) is 114 cm³/mol. The number of hydrogen-bond donors (Lipinski definition) is 1. The van der Waals surface area contributed by atoms with Gasteiger partial charge in [0.05, 0.1) is 29.9 Å². The van der Waals surface area contributed by atoms with Crippen LogP contribution in [0.1, 0.15) is 28.9 Å². The first-order valence-electron chi connectivity index (χ1n) is 9.40. The molecule has 2 heterocycles. The van der Waals surface area contributed by atoms with Gasteiger partial charge in [-0.3, -0.25) is 9.78 Å². The summed E-state index contributed by atoms with van der Waals surface area (Å²) < 4.78 is 5.23. The standard InChI is InChI=1S/C24H21N3O2/c1-16(17-11-13-25-14-12-17)26-24(28)21-15-23(18-7-9-19(29-2)10-8-18)27-22-6-4-3-5-20(21)22/h3-16H,1-2H3,(H,26,28)/t16-/m1/s1. The van der Waals surface area contributed by atoms with Crippen LogP contribution < -0.4 is 10.1 Å². The van der Waals surface area contributed by atoms with E-state index in [2.05, 4.69) is 10.3 Å². The molecule has 0 unspecified atom stereocenters. The molecule has 5 heteroatoms. The van der Waals surface area contributed by atoms with Crippen LogP contribution in [0.25, 0.3) is 22.2 Å². The number of aromatic nitrogens is 2. The number of pyridine rings is 2. The van der Waals surface area contributed by atoms with Gasteiger partial charge in [0.15, 0.2) is 0 Å². The van der Waals surface area contributed by atoms with Crippen LogP contribution in [0.15, 0.2) is 79.1 Å². The summed E-state index contributed by atoms with van der Waals surface area (Å²) in [5.74, 6) is 0.640. The first kappa shape index (κ1) is 18.6. The molecular weight excluding hydrogens is 362 g/mol. The highest BCUT2D eigenvalue weighted by atomic mass is 16.5. The number of nitrogens with zero attached hydrogens (tertiary/aromatic N) is 2. The third-order valence-corrected chi connectivity index (χ3v) is 4.90. The molecule has 0 aliphatic heterocycles. The molecule has 0 saturated carbocycles. The summed E-state index contributed by atoms with van der Waals surface area (Å²) in [5, 5.41) is 3.91. The predicted octanol–water partition coefficient (Wildman–Crippen LogP) is 4.80. The third kappa shape index (κ3) is 3.94. The average Bonchev–Trinajstić information content (AvgIpc) is 2.79. The quantitative estimate of drug-likeness (QED) is 0.538. The molecule has 0 aliphatic rings. The van der Waals surface area contributed by atoms with Crippen LogP contribution in [0.2, 0.25) is 0 Å². The largest absolute Gasteiger partial charge is 0.497 e. The number of ether oxygens (including phenoxy) is 1. The van der Waals surface area contributed by atoms with Gasteiger partial charge in [-0.1, -0.05) is 18.2 Å².